The Balaban J connectivity index is 1.75. The van der Waals surface area contributed by atoms with Crippen molar-refractivity contribution in [2.45, 2.75) is 46.7 Å². The fourth-order valence-corrected chi connectivity index (χ4v) is 3.77. The van der Waals surface area contributed by atoms with Crippen molar-refractivity contribution in [3.8, 4) is 0 Å². The van der Waals surface area contributed by atoms with E-state index in [-0.39, 0.29) is 29.8 Å². The molecule has 0 radical (unpaired) electrons. The van der Waals surface area contributed by atoms with Gasteiger partial charge in [-0.3, -0.25) is 19.1 Å². The van der Waals surface area contributed by atoms with Crippen LogP contribution in [0.2, 0.25) is 0 Å². The molecular weight excluding hydrogens is 394 g/mol. The van der Waals surface area contributed by atoms with Crippen molar-refractivity contribution in [3.05, 3.63) is 52.8 Å². The smallest absolute Gasteiger partial charge is 0.274 e. The highest BCUT2D eigenvalue weighted by atomic mass is 16.2. The highest BCUT2D eigenvalue weighted by Gasteiger charge is 2.28. The van der Waals surface area contributed by atoms with E-state index >= 15 is 0 Å². The van der Waals surface area contributed by atoms with E-state index in [2.05, 4.69) is 10.4 Å². The molecule has 2 aromatic rings. The Kier molecular flexibility index (Phi) is 7.44. The molecule has 1 aromatic carbocycles. The number of benzene rings is 1. The molecule has 0 aliphatic carbocycles. The third kappa shape index (κ3) is 5.31. The van der Waals surface area contributed by atoms with Crippen LogP contribution in [0.5, 0.6) is 0 Å². The molecule has 1 N–H and O–H groups in total. The van der Waals surface area contributed by atoms with E-state index < -0.39 is 0 Å². The van der Waals surface area contributed by atoms with Gasteiger partial charge in [0.1, 0.15) is 5.69 Å². The van der Waals surface area contributed by atoms with Crippen LogP contribution in [0.3, 0.4) is 0 Å². The Hall–Kier alpha value is -3.16. The molecule has 0 saturated heterocycles. The van der Waals surface area contributed by atoms with E-state index in [0.29, 0.717) is 45.0 Å². The quantitative estimate of drug-likeness (QED) is 0.703. The van der Waals surface area contributed by atoms with Gasteiger partial charge in [0, 0.05) is 51.8 Å². The SMILES string of the molecule is CCNC(=O)CCN(CC)C(=O)c1cc2n(n1)CCCN(Cc1ccccc1C)C2=O. The standard InChI is InChI=1S/C23H31N5O3/c1-4-24-21(29)11-14-26(5-2)22(30)19-15-20-23(31)27(12-8-13-28(20)25-19)16-18-10-7-6-9-17(18)3/h6-7,9-10,15H,4-5,8,11-14,16H2,1-3H3,(H,24,29). The molecule has 0 unspecified atom stereocenters. The second kappa shape index (κ2) is 10.2. The highest BCUT2D eigenvalue weighted by molar-refractivity contribution is 5.98. The topological polar surface area (TPSA) is 87.5 Å². The third-order valence-corrected chi connectivity index (χ3v) is 5.58. The summed E-state index contributed by atoms with van der Waals surface area (Å²) in [5.41, 5.74) is 2.95. The van der Waals surface area contributed by atoms with E-state index in [4.69, 9.17) is 0 Å². The van der Waals surface area contributed by atoms with E-state index in [0.717, 1.165) is 17.5 Å². The lowest BCUT2D eigenvalue weighted by Gasteiger charge is -2.21. The van der Waals surface area contributed by atoms with Gasteiger partial charge in [-0.25, -0.2) is 0 Å². The summed E-state index contributed by atoms with van der Waals surface area (Å²) in [7, 11) is 0. The molecule has 2 heterocycles. The van der Waals surface area contributed by atoms with Gasteiger partial charge < -0.3 is 15.1 Å². The number of hydrogen-bond donors (Lipinski definition) is 1. The predicted octanol–water partition coefficient (Wildman–Crippen LogP) is 2.23. The Morgan fingerprint density at radius 2 is 1.97 bits per heavy atom. The van der Waals surface area contributed by atoms with E-state index in [9.17, 15) is 14.4 Å². The summed E-state index contributed by atoms with van der Waals surface area (Å²) in [4.78, 5) is 41.3. The van der Waals surface area contributed by atoms with Crippen LogP contribution in [0.15, 0.2) is 30.3 Å². The molecule has 0 spiro atoms. The lowest BCUT2D eigenvalue weighted by Crippen LogP contribution is -2.35. The Labute approximate surface area is 183 Å². The highest BCUT2D eigenvalue weighted by Crippen LogP contribution is 2.19. The van der Waals surface area contributed by atoms with Gasteiger partial charge in [-0.05, 0) is 38.3 Å². The number of fused-ring (bicyclic) bond motifs is 1. The maximum absolute atomic E-state index is 13.2. The predicted molar refractivity (Wildman–Crippen MR) is 118 cm³/mol. The molecular formula is C23H31N5O3. The van der Waals surface area contributed by atoms with Crippen LogP contribution in [-0.4, -0.2) is 63.5 Å². The van der Waals surface area contributed by atoms with Crippen molar-refractivity contribution < 1.29 is 14.4 Å². The van der Waals surface area contributed by atoms with Crippen molar-refractivity contribution in [2.24, 2.45) is 0 Å². The van der Waals surface area contributed by atoms with Crippen molar-refractivity contribution in [1.29, 1.82) is 0 Å². The number of hydrogen-bond acceptors (Lipinski definition) is 4. The first-order valence-electron chi connectivity index (χ1n) is 10.9. The van der Waals surface area contributed by atoms with Gasteiger partial charge in [-0.2, -0.15) is 5.10 Å². The first-order chi connectivity index (χ1) is 14.9. The Morgan fingerprint density at radius 1 is 1.19 bits per heavy atom. The zero-order valence-electron chi connectivity index (χ0n) is 18.6. The maximum Gasteiger partial charge on any atom is 0.274 e. The molecule has 0 fully saturated rings. The van der Waals surface area contributed by atoms with Gasteiger partial charge in [0.05, 0.1) is 0 Å². The third-order valence-electron chi connectivity index (χ3n) is 5.58. The lowest BCUT2D eigenvalue weighted by atomic mass is 10.1. The van der Waals surface area contributed by atoms with E-state index in [1.54, 1.807) is 15.6 Å². The minimum Gasteiger partial charge on any atom is -0.356 e. The average Bonchev–Trinajstić information content (AvgIpc) is 3.12. The zero-order valence-corrected chi connectivity index (χ0v) is 18.6. The van der Waals surface area contributed by atoms with Crippen molar-refractivity contribution in [2.75, 3.05) is 26.2 Å². The average molecular weight is 426 g/mol. The number of carbonyl (C=O) groups excluding carboxylic acids is 3. The van der Waals surface area contributed by atoms with Crippen LogP contribution >= 0.6 is 0 Å². The summed E-state index contributed by atoms with van der Waals surface area (Å²) in [5, 5.41) is 7.17. The number of nitrogens with zero attached hydrogens (tertiary/aromatic N) is 4. The summed E-state index contributed by atoms with van der Waals surface area (Å²) in [6.45, 7) is 8.88. The van der Waals surface area contributed by atoms with Crippen LogP contribution in [0.25, 0.3) is 0 Å². The maximum atomic E-state index is 13.2. The van der Waals surface area contributed by atoms with Crippen molar-refractivity contribution in [1.82, 2.24) is 24.9 Å². The zero-order chi connectivity index (χ0) is 22.4. The van der Waals surface area contributed by atoms with Crippen LogP contribution in [0.4, 0.5) is 0 Å². The molecule has 3 amide bonds. The fraction of sp³-hybridized carbons (Fsp3) is 0.478. The van der Waals surface area contributed by atoms with Crippen molar-refractivity contribution in [3.63, 3.8) is 0 Å². The molecule has 0 atom stereocenters. The molecule has 1 aliphatic rings. The summed E-state index contributed by atoms with van der Waals surface area (Å²) in [6.07, 6.45) is 1.01. The first-order valence-corrected chi connectivity index (χ1v) is 10.9. The largest absolute Gasteiger partial charge is 0.356 e. The van der Waals surface area contributed by atoms with E-state index in [1.165, 1.54) is 0 Å². The summed E-state index contributed by atoms with van der Waals surface area (Å²) in [5.74, 6) is -0.459. The van der Waals surface area contributed by atoms with Crippen LogP contribution in [0, 0.1) is 6.92 Å². The Bertz CT molecular complexity index is 952. The first kappa shape index (κ1) is 22.5. The van der Waals surface area contributed by atoms with Gasteiger partial charge in [-0.1, -0.05) is 24.3 Å². The molecule has 3 rings (SSSR count). The lowest BCUT2D eigenvalue weighted by molar-refractivity contribution is -0.121. The number of aryl methyl sites for hydroxylation is 2. The number of carbonyl (C=O) groups is 3. The van der Waals surface area contributed by atoms with Gasteiger partial charge >= 0.3 is 0 Å². The molecule has 0 saturated carbocycles. The number of rotatable bonds is 8. The van der Waals surface area contributed by atoms with Crippen LogP contribution in [-0.2, 0) is 17.9 Å². The second-order valence-electron chi connectivity index (χ2n) is 7.73. The van der Waals surface area contributed by atoms with Gasteiger partial charge in [0.2, 0.25) is 5.91 Å². The van der Waals surface area contributed by atoms with Gasteiger partial charge in [0.15, 0.2) is 5.69 Å². The molecule has 8 nitrogen and oxygen atoms in total. The second-order valence-corrected chi connectivity index (χ2v) is 7.73. The monoisotopic (exact) mass is 425 g/mol. The van der Waals surface area contributed by atoms with Gasteiger partial charge in [-0.15, -0.1) is 0 Å². The summed E-state index contributed by atoms with van der Waals surface area (Å²) >= 11 is 0. The molecule has 1 aromatic heterocycles. The van der Waals surface area contributed by atoms with Crippen LogP contribution < -0.4 is 5.32 Å². The molecule has 31 heavy (non-hydrogen) atoms. The number of nitrogens with one attached hydrogen (secondary N) is 1. The minimum atomic E-state index is -0.259. The number of amides is 3. The summed E-state index contributed by atoms with van der Waals surface area (Å²) in [6, 6.07) is 9.63. The van der Waals surface area contributed by atoms with E-state index in [1.807, 2.05) is 49.9 Å². The molecule has 0 bridgehead atoms. The van der Waals surface area contributed by atoms with Crippen LogP contribution in [0.1, 0.15) is 58.8 Å². The van der Waals surface area contributed by atoms with Gasteiger partial charge in [0.25, 0.3) is 11.8 Å². The molecule has 8 heteroatoms. The fourth-order valence-electron chi connectivity index (χ4n) is 3.77. The normalized spacial score (nSPS) is 13.5. The van der Waals surface area contributed by atoms with Crippen molar-refractivity contribution >= 4 is 17.7 Å². The molecule has 1 aliphatic heterocycles. The number of aromatic nitrogens is 2. The summed E-state index contributed by atoms with van der Waals surface area (Å²) < 4.78 is 1.64. The minimum absolute atomic E-state index is 0.0867. The Morgan fingerprint density at radius 3 is 2.68 bits per heavy atom. The molecule has 166 valence electrons.